The van der Waals surface area contributed by atoms with Crippen molar-refractivity contribution in [1.29, 1.82) is 0 Å². The molecule has 1 fully saturated rings. The lowest BCUT2D eigenvalue weighted by Crippen LogP contribution is -2.49. The van der Waals surface area contributed by atoms with E-state index < -0.39 is 0 Å². The van der Waals surface area contributed by atoms with Crippen molar-refractivity contribution in [2.45, 2.75) is 27.2 Å². The second-order valence-electron chi connectivity index (χ2n) is 7.43. The van der Waals surface area contributed by atoms with E-state index in [1.165, 1.54) is 16.5 Å². The van der Waals surface area contributed by atoms with Gasteiger partial charge in [0.2, 0.25) is 5.91 Å². The Kier molecular flexibility index (Phi) is 4.60. The molecule has 1 aliphatic rings. The van der Waals surface area contributed by atoms with Gasteiger partial charge in [0.1, 0.15) is 0 Å². The molecule has 0 bridgehead atoms. The van der Waals surface area contributed by atoms with Crippen molar-refractivity contribution >= 4 is 22.5 Å². The molecule has 5 heteroatoms. The first-order chi connectivity index (χ1) is 13.0. The van der Waals surface area contributed by atoms with Crippen LogP contribution in [0.3, 0.4) is 0 Å². The Hall–Kier alpha value is -2.82. The zero-order valence-corrected chi connectivity index (χ0v) is 16.2. The molecular formula is C22H26N4O. The van der Waals surface area contributed by atoms with Gasteiger partial charge in [-0.05, 0) is 49.6 Å². The van der Waals surface area contributed by atoms with Crippen LogP contribution in [-0.2, 0) is 11.2 Å². The van der Waals surface area contributed by atoms with Crippen LogP contribution in [0, 0.1) is 20.8 Å². The number of aryl methyl sites for hydroxylation is 3. The summed E-state index contributed by atoms with van der Waals surface area (Å²) < 4.78 is 0. The van der Waals surface area contributed by atoms with Crippen LogP contribution < -0.4 is 4.90 Å². The van der Waals surface area contributed by atoms with Crippen LogP contribution in [-0.4, -0.2) is 47.0 Å². The lowest BCUT2D eigenvalue weighted by molar-refractivity contribution is -0.130. The minimum absolute atomic E-state index is 0.214. The van der Waals surface area contributed by atoms with Crippen LogP contribution in [0.2, 0.25) is 0 Å². The number of benzene rings is 1. The Balaban J connectivity index is 1.49. The average Bonchev–Trinajstić information content (AvgIpc) is 3.03. The highest BCUT2D eigenvalue weighted by Crippen LogP contribution is 2.29. The summed E-state index contributed by atoms with van der Waals surface area (Å²) in [4.78, 5) is 25.0. The molecule has 0 atom stereocenters. The molecule has 0 spiro atoms. The first kappa shape index (κ1) is 17.6. The van der Waals surface area contributed by atoms with Crippen molar-refractivity contribution in [3.63, 3.8) is 0 Å². The summed E-state index contributed by atoms with van der Waals surface area (Å²) in [6.07, 6.45) is 4.14. The monoisotopic (exact) mass is 362 g/mol. The molecule has 5 nitrogen and oxygen atoms in total. The van der Waals surface area contributed by atoms with Crippen molar-refractivity contribution in [1.82, 2.24) is 14.9 Å². The molecule has 0 saturated carbocycles. The number of amides is 1. The Morgan fingerprint density at radius 1 is 1.07 bits per heavy atom. The third-order valence-electron chi connectivity index (χ3n) is 5.66. The normalized spacial score (nSPS) is 14.8. The average molecular weight is 362 g/mol. The number of fused-ring (bicyclic) bond motifs is 1. The largest absolute Gasteiger partial charge is 0.367 e. The summed E-state index contributed by atoms with van der Waals surface area (Å²) in [7, 11) is 0. The van der Waals surface area contributed by atoms with E-state index in [4.69, 9.17) is 0 Å². The van der Waals surface area contributed by atoms with Gasteiger partial charge in [-0.25, -0.2) is 0 Å². The number of anilines is 1. The van der Waals surface area contributed by atoms with Crippen LogP contribution in [0.4, 0.5) is 5.69 Å². The number of nitrogens with one attached hydrogen (secondary N) is 1. The first-order valence-electron chi connectivity index (χ1n) is 9.54. The number of pyridine rings is 1. The molecule has 0 radical (unpaired) electrons. The fourth-order valence-electron chi connectivity index (χ4n) is 4.05. The minimum atomic E-state index is 0.214. The summed E-state index contributed by atoms with van der Waals surface area (Å²) in [5, 5.41) is 1.22. The second kappa shape index (κ2) is 7.06. The molecule has 1 saturated heterocycles. The number of H-pyrrole nitrogens is 1. The zero-order valence-electron chi connectivity index (χ0n) is 16.2. The molecule has 3 heterocycles. The summed E-state index contributed by atoms with van der Waals surface area (Å²) >= 11 is 0. The highest BCUT2D eigenvalue weighted by Gasteiger charge is 2.23. The van der Waals surface area contributed by atoms with E-state index in [9.17, 15) is 4.79 Å². The van der Waals surface area contributed by atoms with Crippen molar-refractivity contribution in [3.8, 4) is 0 Å². The fourth-order valence-corrected chi connectivity index (χ4v) is 4.05. The van der Waals surface area contributed by atoms with Crippen molar-refractivity contribution in [3.05, 3.63) is 59.0 Å². The van der Waals surface area contributed by atoms with E-state index in [0.29, 0.717) is 6.42 Å². The molecule has 140 valence electrons. The molecule has 1 aromatic carbocycles. The van der Waals surface area contributed by atoms with E-state index in [0.717, 1.165) is 48.6 Å². The summed E-state index contributed by atoms with van der Waals surface area (Å²) in [6.45, 7) is 9.52. The predicted octanol–water partition coefficient (Wildman–Crippen LogP) is 3.38. The van der Waals surface area contributed by atoms with Crippen LogP contribution >= 0.6 is 0 Å². The number of hydrogen-bond donors (Lipinski definition) is 1. The van der Waals surface area contributed by atoms with Crippen molar-refractivity contribution in [2.24, 2.45) is 0 Å². The maximum atomic E-state index is 13.0. The fraction of sp³-hybridized carbons (Fsp3) is 0.364. The molecular weight excluding hydrogens is 336 g/mol. The first-order valence-corrected chi connectivity index (χ1v) is 9.54. The Morgan fingerprint density at radius 3 is 2.52 bits per heavy atom. The lowest BCUT2D eigenvalue weighted by Gasteiger charge is -2.36. The highest BCUT2D eigenvalue weighted by molar-refractivity contribution is 5.94. The summed E-state index contributed by atoms with van der Waals surface area (Å²) in [6, 6.07) is 8.31. The molecule has 0 unspecified atom stereocenters. The number of rotatable bonds is 3. The van der Waals surface area contributed by atoms with Crippen LogP contribution in [0.25, 0.3) is 10.9 Å². The molecule has 0 aliphatic carbocycles. The van der Waals surface area contributed by atoms with Gasteiger partial charge in [0, 0.05) is 49.0 Å². The maximum absolute atomic E-state index is 13.0. The number of aromatic amines is 1. The van der Waals surface area contributed by atoms with Crippen molar-refractivity contribution < 1.29 is 4.79 Å². The quantitative estimate of drug-likeness (QED) is 0.777. The number of piperazine rings is 1. The van der Waals surface area contributed by atoms with E-state index >= 15 is 0 Å². The lowest BCUT2D eigenvalue weighted by atomic mass is 10.0. The molecule has 4 rings (SSSR count). The SMILES string of the molecule is Cc1[nH]c2c(C)ccc(C)c2c1CC(=O)N1CCN(c2cccnc2)CC1. The third kappa shape index (κ3) is 3.29. The Labute approximate surface area is 160 Å². The summed E-state index contributed by atoms with van der Waals surface area (Å²) in [5.74, 6) is 0.214. The Morgan fingerprint density at radius 2 is 1.81 bits per heavy atom. The Bertz CT molecular complexity index is 969. The van der Waals surface area contributed by atoms with Crippen molar-refractivity contribution in [2.75, 3.05) is 31.1 Å². The van der Waals surface area contributed by atoms with Gasteiger partial charge in [-0.2, -0.15) is 0 Å². The smallest absolute Gasteiger partial charge is 0.227 e. The molecule has 1 aliphatic heterocycles. The van der Waals surface area contributed by atoms with Gasteiger partial charge in [0.25, 0.3) is 0 Å². The van der Waals surface area contributed by atoms with E-state index in [1.54, 1.807) is 6.20 Å². The molecule has 1 N–H and O–H groups in total. The highest BCUT2D eigenvalue weighted by atomic mass is 16.2. The van der Waals surface area contributed by atoms with Crippen LogP contribution in [0.1, 0.15) is 22.4 Å². The van der Waals surface area contributed by atoms with E-state index in [2.05, 4.69) is 53.8 Å². The maximum Gasteiger partial charge on any atom is 0.227 e. The molecule has 2 aromatic heterocycles. The number of carbonyl (C=O) groups excluding carboxylic acids is 1. The van der Waals surface area contributed by atoms with Gasteiger partial charge < -0.3 is 14.8 Å². The van der Waals surface area contributed by atoms with Gasteiger partial charge in [-0.15, -0.1) is 0 Å². The minimum Gasteiger partial charge on any atom is -0.367 e. The van der Waals surface area contributed by atoms with Gasteiger partial charge >= 0.3 is 0 Å². The van der Waals surface area contributed by atoms with Gasteiger partial charge in [-0.3, -0.25) is 9.78 Å². The molecule has 27 heavy (non-hydrogen) atoms. The van der Waals surface area contributed by atoms with E-state index in [1.807, 2.05) is 17.2 Å². The third-order valence-corrected chi connectivity index (χ3v) is 5.66. The van der Waals surface area contributed by atoms with Crippen LogP contribution in [0.5, 0.6) is 0 Å². The van der Waals surface area contributed by atoms with Crippen LogP contribution in [0.15, 0.2) is 36.7 Å². The van der Waals surface area contributed by atoms with Gasteiger partial charge in [0.05, 0.1) is 18.3 Å². The zero-order chi connectivity index (χ0) is 19.0. The van der Waals surface area contributed by atoms with Gasteiger partial charge in [0.15, 0.2) is 0 Å². The molecule has 1 amide bonds. The number of carbonyl (C=O) groups is 1. The second-order valence-corrected chi connectivity index (χ2v) is 7.43. The van der Waals surface area contributed by atoms with Gasteiger partial charge in [-0.1, -0.05) is 12.1 Å². The summed E-state index contributed by atoms with van der Waals surface area (Å²) in [5.41, 5.74) is 6.99. The number of aromatic nitrogens is 2. The topological polar surface area (TPSA) is 52.2 Å². The predicted molar refractivity (Wildman–Crippen MR) is 109 cm³/mol. The molecule has 3 aromatic rings. The number of nitrogens with zero attached hydrogens (tertiary/aromatic N) is 3. The number of hydrogen-bond acceptors (Lipinski definition) is 3. The van der Waals surface area contributed by atoms with E-state index in [-0.39, 0.29) is 5.91 Å². The standard InChI is InChI=1S/C22H26N4O/c1-15-6-7-16(2)22-21(15)19(17(3)24-22)13-20(27)26-11-9-25(10-12-26)18-5-4-8-23-14-18/h4-8,14,24H,9-13H2,1-3H3.